The highest BCUT2D eigenvalue weighted by molar-refractivity contribution is 5.81. The average Bonchev–Trinajstić information content (AvgIpc) is 2.68. The van der Waals surface area contributed by atoms with E-state index < -0.39 is 0 Å². The Bertz CT molecular complexity index is 223. The molecule has 1 aliphatic rings. The van der Waals surface area contributed by atoms with Crippen LogP contribution in [0.15, 0.2) is 0 Å². The highest BCUT2D eigenvalue weighted by Crippen LogP contribution is 2.27. The molecule has 0 bridgehead atoms. The molecule has 4 nitrogen and oxygen atoms in total. The normalized spacial score (nSPS) is 16.3. The van der Waals surface area contributed by atoms with Crippen LogP contribution in [0, 0.1) is 5.92 Å². The first kappa shape index (κ1) is 12.0. The summed E-state index contributed by atoms with van der Waals surface area (Å²) < 4.78 is 0. The van der Waals surface area contributed by atoms with Gasteiger partial charge in [0.1, 0.15) is 0 Å². The van der Waals surface area contributed by atoms with Gasteiger partial charge in [-0.25, -0.2) is 0 Å². The molecule has 0 spiro atoms. The smallest absolute Gasteiger partial charge is 0.238 e. The molecule has 2 N–H and O–H groups in total. The molecule has 4 heteroatoms. The zero-order chi connectivity index (χ0) is 11.1. The quantitative estimate of drug-likeness (QED) is 0.694. The van der Waals surface area contributed by atoms with E-state index in [-0.39, 0.29) is 11.8 Å². The van der Waals surface area contributed by atoms with Gasteiger partial charge in [0.15, 0.2) is 0 Å². The maximum atomic E-state index is 11.4. The van der Waals surface area contributed by atoms with Crippen LogP contribution < -0.4 is 10.9 Å². The third kappa shape index (κ3) is 4.81. The van der Waals surface area contributed by atoms with E-state index in [2.05, 4.69) is 10.9 Å². The van der Waals surface area contributed by atoms with Gasteiger partial charge in [0, 0.05) is 12.8 Å². The van der Waals surface area contributed by atoms with Crippen LogP contribution >= 0.6 is 0 Å². The van der Waals surface area contributed by atoms with Crippen LogP contribution in [0.5, 0.6) is 0 Å². The minimum absolute atomic E-state index is 0.0636. The molecule has 0 radical (unpaired) electrons. The molecular formula is C11H20N2O2. The highest BCUT2D eigenvalue weighted by atomic mass is 16.2. The lowest BCUT2D eigenvalue weighted by molar-refractivity contribution is -0.129. The maximum Gasteiger partial charge on any atom is 0.238 e. The van der Waals surface area contributed by atoms with Gasteiger partial charge in [-0.1, -0.05) is 19.8 Å². The van der Waals surface area contributed by atoms with Crippen molar-refractivity contribution in [2.24, 2.45) is 5.92 Å². The largest absolute Gasteiger partial charge is 0.273 e. The summed E-state index contributed by atoms with van der Waals surface area (Å²) in [7, 11) is 0. The van der Waals surface area contributed by atoms with E-state index in [1.165, 1.54) is 12.8 Å². The fourth-order valence-corrected chi connectivity index (χ4v) is 1.96. The molecule has 0 atom stereocenters. The van der Waals surface area contributed by atoms with Crippen molar-refractivity contribution in [1.82, 2.24) is 10.9 Å². The average molecular weight is 212 g/mol. The summed E-state index contributed by atoms with van der Waals surface area (Å²) in [5, 5.41) is 0. The summed E-state index contributed by atoms with van der Waals surface area (Å²) in [6.07, 6.45) is 6.58. The lowest BCUT2D eigenvalue weighted by Gasteiger charge is -2.10. The number of hydrogen-bond acceptors (Lipinski definition) is 2. The van der Waals surface area contributed by atoms with E-state index in [1.807, 2.05) is 6.92 Å². The molecule has 1 saturated carbocycles. The summed E-state index contributed by atoms with van der Waals surface area (Å²) in [5.74, 6) is 0.344. The van der Waals surface area contributed by atoms with E-state index in [9.17, 15) is 9.59 Å². The summed E-state index contributed by atoms with van der Waals surface area (Å²) in [6.45, 7) is 1.93. The topological polar surface area (TPSA) is 58.2 Å². The third-order valence-electron chi connectivity index (χ3n) is 2.77. The fraction of sp³-hybridized carbons (Fsp3) is 0.818. The number of carbonyl (C=O) groups is 2. The standard InChI is InChI=1S/C11H20N2O2/c1-2-5-10(14)12-13-11(15)8-9-6-3-4-7-9/h9H,2-8H2,1H3,(H,12,14)(H,13,15). The maximum absolute atomic E-state index is 11.4. The van der Waals surface area contributed by atoms with Crippen LogP contribution in [0.2, 0.25) is 0 Å². The van der Waals surface area contributed by atoms with E-state index in [1.54, 1.807) is 0 Å². The Labute approximate surface area is 90.8 Å². The second-order valence-corrected chi connectivity index (χ2v) is 4.20. The van der Waals surface area contributed by atoms with Crippen LogP contribution in [0.1, 0.15) is 51.9 Å². The van der Waals surface area contributed by atoms with E-state index >= 15 is 0 Å². The van der Waals surface area contributed by atoms with Gasteiger partial charge in [-0.3, -0.25) is 20.4 Å². The molecule has 15 heavy (non-hydrogen) atoms. The molecule has 0 unspecified atom stereocenters. The lowest BCUT2D eigenvalue weighted by atomic mass is 10.0. The number of hydrogen-bond donors (Lipinski definition) is 2. The number of rotatable bonds is 4. The molecule has 0 saturated heterocycles. The van der Waals surface area contributed by atoms with Crippen molar-refractivity contribution in [1.29, 1.82) is 0 Å². The van der Waals surface area contributed by atoms with Crippen LogP contribution in [0.4, 0.5) is 0 Å². The Hall–Kier alpha value is -1.06. The van der Waals surface area contributed by atoms with Gasteiger partial charge in [-0.2, -0.15) is 0 Å². The van der Waals surface area contributed by atoms with Gasteiger partial charge < -0.3 is 0 Å². The molecule has 0 aliphatic heterocycles. The van der Waals surface area contributed by atoms with E-state index in [0.29, 0.717) is 18.8 Å². The molecule has 0 aromatic rings. The second kappa shape index (κ2) is 6.43. The van der Waals surface area contributed by atoms with Gasteiger partial charge in [0.2, 0.25) is 11.8 Å². The molecule has 0 aromatic heterocycles. The zero-order valence-electron chi connectivity index (χ0n) is 9.34. The predicted molar refractivity (Wildman–Crippen MR) is 57.8 cm³/mol. The molecule has 1 aliphatic carbocycles. The molecule has 0 heterocycles. The SMILES string of the molecule is CCCC(=O)NNC(=O)CC1CCCC1. The van der Waals surface area contributed by atoms with Crippen LogP contribution in [0.25, 0.3) is 0 Å². The summed E-state index contributed by atoms with van der Waals surface area (Å²) in [4.78, 5) is 22.4. The Morgan fingerprint density at radius 1 is 1.13 bits per heavy atom. The first-order valence-electron chi connectivity index (χ1n) is 5.80. The summed E-state index contributed by atoms with van der Waals surface area (Å²) in [5.41, 5.74) is 4.87. The monoisotopic (exact) mass is 212 g/mol. The van der Waals surface area contributed by atoms with Crippen molar-refractivity contribution in [2.45, 2.75) is 51.9 Å². The third-order valence-corrected chi connectivity index (χ3v) is 2.77. The van der Waals surface area contributed by atoms with E-state index in [0.717, 1.165) is 19.3 Å². The Morgan fingerprint density at radius 2 is 1.73 bits per heavy atom. The zero-order valence-corrected chi connectivity index (χ0v) is 9.34. The van der Waals surface area contributed by atoms with Gasteiger partial charge in [-0.15, -0.1) is 0 Å². The number of carbonyl (C=O) groups excluding carboxylic acids is 2. The van der Waals surface area contributed by atoms with Gasteiger partial charge in [-0.05, 0) is 25.2 Å². The molecular weight excluding hydrogens is 192 g/mol. The predicted octanol–water partition coefficient (Wildman–Crippen LogP) is 1.51. The van der Waals surface area contributed by atoms with Crippen molar-refractivity contribution >= 4 is 11.8 Å². The second-order valence-electron chi connectivity index (χ2n) is 4.20. The van der Waals surface area contributed by atoms with Crippen molar-refractivity contribution in [3.8, 4) is 0 Å². The van der Waals surface area contributed by atoms with Crippen LogP contribution in [-0.4, -0.2) is 11.8 Å². The number of nitrogens with one attached hydrogen (secondary N) is 2. The number of amides is 2. The van der Waals surface area contributed by atoms with Crippen LogP contribution in [-0.2, 0) is 9.59 Å². The molecule has 2 amide bonds. The van der Waals surface area contributed by atoms with Crippen LogP contribution in [0.3, 0.4) is 0 Å². The molecule has 1 fully saturated rings. The molecule has 0 aromatic carbocycles. The van der Waals surface area contributed by atoms with Crippen molar-refractivity contribution in [3.63, 3.8) is 0 Å². The summed E-state index contributed by atoms with van der Waals surface area (Å²) in [6, 6.07) is 0. The minimum Gasteiger partial charge on any atom is -0.273 e. The van der Waals surface area contributed by atoms with Crippen molar-refractivity contribution < 1.29 is 9.59 Å². The molecule has 1 rings (SSSR count). The van der Waals surface area contributed by atoms with Gasteiger partial charge in [0.25, 0.3) is 0 Å². The first-order chi connectivity index (χ1) is 7.22. The first-order valence-corrected chi connectivity index (χ1v) is 5.80. The van der Waals surface area contributed by atoms with Crippen molar-refractivity contribution in [3.05, 3.63) is 0 Å². The van der Waals surface area contributed by atoms with E-state index in [4.69, 9.17) is 0 Å². The van der Waals surface area contributed by atoms with Gasteiger partial charge in [0.05, 0.1) is 0 Å². The fourth-order valence-electron chi connectivity index (χ4n) is 1.96. The lowest BCUT2D eigenvalue weighted by Crippen LogP contribution is -2.41. The molecule has 86 valence electrons. The Kier molecular flexibility index (Phi) is 5.15. The minimum atomic E-state index is -0.114. The Morgan fingerprint density at radius 3 is 2.33 bits per heavy atom. The Balaban J connectivity index is 2.10. The summed E-state index contributed by atoms with van der Waals surface area (Å²) >= 11 is 0. The van der Waals surface area contributed by atoms with Crippen molar-refractivity contribution in [2.75, 3.05) is 0 Å². The highest BCUT2D eigenvalue weighted by Gasteiger charge is 2.18. The van der Waals surface area contributed by atoms with Gasteiger partial charge >= 0.3 is 0 Å². The number of hydrazine groups is 1.